The Kier molecular flexibility index (Phi) is 4.15. The molecule has 1 rings (SSSR count). The summed E-state index contributed by atoms with van der Waals surface area (Å²) >= 11 is 0. The van der Waals surface area contributed by atoms with E-state index in [1.807, 2.05) is 0 Å². The average Bonchev–Trinajstić information content (AvgIpc) is 2.13. The van der Waals surface area contributed by atoms with E-state index in [2.05, 4.69) is 73.6 Å². The van der Waals surface area contributed by atoms with Gasteiger partial charge in [0.05, 0.1) is 6.10 Å². The first-order valence-corrected chi connectivity index (χ1v) is 6.84. The Morgan fingerprint density at radius 3 is 1.83 bits per heavy atom. The zero-order valence-electron chi connectivity index (χ0n) is 13.2. The number of hydrogen-bond acceptors (Lipinski definition) is 1. The standard InChI is InChI=1S/C17H28O/c1-12(2)18-14-11-9-10-13(16(3,4)5)15(14)17(6,7)8/h9-12H,1-8H3. The summed E-state index contributed by atoms with van der Waals surface area (Å²) in [4.78, 5) is 0. The highest BCUT2D eigenvalue weighted by Crippen LogP contribution is 2.39. The maximum Gasteiger partial charge on any atom is 0.123 e. The summed E-state index contributed by atoms with van der Waals surface area (Å²) in [6, 6.07) is 6.43. The number of rotatable bonds is 2. The lowest BCUT2D eigenvalue weighted by molar-refractivity contribution is 0.235. The molecule has 0 N–H and O–H groups in total. The van der Waals surface area contributed by atoms with Crippen LogP contribution in [0.25, 0.3) is 0 Å². The quantitative estimate of drug-likeness (QED) is 0.710. The second kappa shape index (κ2) is 4.95. The molecule has 0 aromatic heterocycles. The predicted molar refractivity (Wildman–Crippen MR) is 79.6 cm³/mol. The minimum absolute atomic E-state index is 0.0914. The first-order valence-electron chi connectivity index (χ1n) is 6.84. The zero-order chi connectivity index (χ0) is 14.1. The summed E-state index contributed by atoms with van der Waals surface area (Å²) in [7, 11) is 0. The largest absolute Gasteiger partial charge is 0.491 e. The van der Waals surface area contributed by atoms with Crippen molar-refractivity contribution in [3.8, 4) is 5.75 Å². The molecule has 0 radical (unpaired) electrons. The Labute approximate surface area is 113 Å². The van der Waals surface area contributed by atoms with E-state index >= 15 is 0 Å². The molecule has 18 heavy (non-hydrogen) atoms. The Morgan fingerprint density at radius 1 is 0.889 bits per heavy atom. The average molecular weight is 248 g/mol. The van der Waals surface area contributed by atoms with Crippen LogP contribution in [0.2, 0.25) is 0 Å². The molecular formula is C17H28O. The van der Waals surface area contributed by atoms with Crippen molar-refractivity contribution in [3.05, 3.63) is 29.3 Å². The predicted octanol–water partition coefficient (Wildman–Crippen LogP) is 5.07. The summed E-state index contributed by atoms with van der Waals surface area (Å²) in [6.07, 6.45) is 0.210. The van der Waals surface area contributed by atoms with Crippen LogP contribution in [0, 0.1) is 0 Å². The molecule has 0 amide bonds. The maximum absolute atomic E-state index is 6.01. The third-order valence-electron chi connectivity index (χ3n) is 2.95. The topological polar surface area (TPSA) is 9.23 Å². The molecule has 0 unspecified atom stereocenters. The van der Waals surface area contributed by atoms with E-state index in [0.29, 0.717) is 0 Å². The third kappa shape index (κ3) is 3.51. The molecule has 1 aromatic rings. The Hall–Kier alpha value is -0.980. The summed E-state index contributed by atoms with van der Waals surface area (Å²) in [5, 5.41) is 0. The van der Waals surface area contributed by atoms with Crippen LogP contribution in [-0.2, 0) is 10.8 Å². The molecule has 0 saturated carbocycles. The van der Waals surface area contributed by atoms with Crippen molar-refractivity contribution < 1.29 is 4.74 Å². The van der Waals surface area contributed by atoms with Gasteiger partial charge in [0, 0.05) is 5.56 Å². The summed E-state index contributed by atoms with van der Waals surface area (Å²) in [5.41, 5.74) is 2.95. The van der Waals surface area contributed by atoms with Gasteiger partial charge in [0.1, 0.15) is 5.75 Å². The smallest absolute Gasteiger partial charge is 0.123 e. The van der Waals surface area contributed by atoms with E-state index < -0.39 is 0 Å². The minimum atomic E-state index is 0.0914. The van der Waals surface area contributed by atoms with Crippen LogP contribution in [-0.4, -0.2) is 6.10 Å². The lowest BCUT2D eigenvalue weighted by Gasteiger charge is -2.32. The molecule has 0 saturated heterocycles. The van der Waals surface area contributed by atoms with Crippen LogP contribution >= 0.6 is 0 Å². The molecule has 0 fully saturated rings. The fourth-order valence-corrected chi connectivity index (χ4v) is 2.28. The summed E-state index contributed by atoms with van der Waals surface area (Å²) in [5.74, 6) is 1.03. The van der Waals surface area contributed by atoms with E-state index in [9.17, 15) is 0 Å². The Balaban J connectivity index is 3.46. The highest BCUT2D eigenvalue weighted by atomic mass is 16.5. The highest BCUT2D eigenvalue weighted by molar-refractivity contribution is 5.47. The number of ether oxygens (including phenoxy) is 1. The van der Waals surface area contributed by atoms with Crippen molar-refractivity contribution in [2.75, 3.05) is 0 Å². The first-order chi connectivity index (χ1) is 8.03. The van der Waals surface area contributed by atoms with Crippen molar-refractivity contribution >= 4 is 0 Å². The van der Waals surface area contributed by atoms with Crippen molar-refractivity contribution in [2.24, 2.45) is 0 Å². The van der Waals surface area contributed by atoms with Gasteiger partial charge in [-0.05, 0) is 36.3 Å². The lowest BCUT2D eigenvalue weighted by Crippen LogP contribution is -2.24. The van der Waals surface area contributed by atoms with Gasteiger partial charge in [-0.2, -0.15) is 0 Å². The normalized spacial score (nSPS) is 12.9. The van der Waals surface area contributed by atoms with E-state index in [1.165, 1.54) is 11.1 Å². The molecule has 0 atom stereocenters. The van der Waals surface area contributed by atoms with Crippen LogP contribution in [0.15, 0.2) is 18.2 Å². The fraction of sp³-hybridized carbons (Fsp3) is 0.647. The fourth-order valence-electron chi connectivity index (χ4n) is 2.28. The van der Waals surface area contributed by atoms with E-state index in [4.69, 9.17) is 4.74 Å². The summed E-state index contributed by atoms with van der Waals surface area (Å²) < 4.78 is 6.01. The lowest BCUT2D eigenvalue weighted by atomic mass is 9.75. The second-order valence-electron chi connectivity index (χ2n) is 7.35. The van der Waals surface area contributed by atoms with Gasteiger partial charge in [0.2, 0.25) is 0 Å². The van der Waals surface area contributed by atoms with Gasteiger partial charge < -0.3 is 4.74 Å². The molecule has 1 heteroatoms. The first kappa shape index (κ1) is 15.1. The van der Waals surface area contributed by atoms with Gasteiger partial charge >= 0.3 is 0 Å². The van der Waals surface area contributed by atoms with Crippen molar-refractivity contribution in [3.63, 3.8) is 0 Å². The SMILES string of the molecule is CC(C)Oc1cccc(C(C)(C)C)c1C(C)(C)C. The van der Waals surface area contributed by atoms with Gasteiger partial charge in [0.15, 0.2) is 0 Å². The minimum Gasteiger partial charge on any atom is -0.491 e. The molecule has 0 bridgehead atoms. The van der Waals surface area contributed by atoms with Crippen LogP contribution in [0.4, 0.5) is 0 Å². The highest BCUT2D eigenvalue weighted by Gasteiger charge is 2.28. The molecular weight excluding hydrogens is 220 g/mol. The molecule has 0 aliphatic rings. The van der Waals surface area contributed by atoms with Gasteiger partial charge in [-0.15, -0.1) is 0 Å². The number of hydrogen-bond donors (Lipinski definition) is 0. The van der Waals surface area contributed by atoms with Gasteiger partial charge in [-0.1, -0.05) is 53.7 Å². The molecule has 0 aliphatic carbocycles. The zero-order valence-corrected chi connectivity index (χ0v) is 13.2. The Bertz CT molecular complexity index is 403. The molecule has 0 heterocycles. The summed E-state index contributed by atoms with van der Waals surface area (Å²) in [6.45, 7) is 17.7. The van der Waals surface area contributed by atoms with E-state index in [1.54, 1.807) is 0 Å². The van der Waals surface area contributed by atoms with Crippen LogP contribution < -0.4 is 4.74 Å². The number of benzene rings is 1. The van der Waals surface area contributed by atoms with Crippen molar-refractivity contribution in [1.82, 2.24) is 0 Å². The van der Waals surface area contributed by atoms with Crippen molar-refractivity contribution in [2.45, 2.75) is 72.3 Å². The van der Waals surface area contributed by atoms with Gasteiger partial charge in [-0.25, -0.2) is 0 Å². The maximum atomic E-state index is 6.01. The van der Waals surface area contributed by atoms with Crippen LogP contribution in [0.1, 0.15) is 66.5 Å². The van der Waals surface area contributed by atoms with E-state index in [-0.39, 0.29) is 16.9 Å². The van der Waals surface area contributed by atoms with E-state index in [0.717, 1.165) is 5.75 Å². The molecule has 0 spiro atoms. The molecule has 1 aromatic carbocycles. The van der Waals surface area contributed by atoms with Gasteiger partial charge in [0.25, 0.3) is 0 Å². The Morgan fingerprint density at radius 2 is 1.44 bits per heavy atom. The van der Waals surface area contributed by atoms with Crippen molar-refractivity contribution in [1.29, 1.82) is 0 Å². The molecule has 0 aliphatic heterocycles. The molecule has 1 nitrogen and oxygen atoms in total. The monoisotopic (exact) mass is 248 g/mol. The third-order valence-corrected chi connectivity index (χ3v) is 2.95. The second-order valence-corrected chi connectivity index (χ2v) is 7.35. The van der Waals surface area contributed by atoms with Gasteiger partial charge in [-0.3, -0.25) is 0 Å². The molecule has 102 valence electrons. The van der Waals surface area contributed by atoms with Crippen LogP contribution in [0.5, 0.6) is 5.75 Å². The van der Waals surface area contributed by atoms with Crippen LogP contribution in [0.3, 0.4) is 0 Å².